The Morgan fingerprint density at radius 3 is 2.61 bits per heavy atom. The molecule has 0 aliphatic carbocycles. The van der Waals surface area contributed by atoms with Gasteiger partial charge in [0.05, 0.1) is 13.1 Å². The number of carboxylic acid groups (broad SMARTS) is 1. The molecular formula is C9H14N4O5. The second-order valence-corrected chi connectivity index (χ2v) is 3.85. The number of hydrogen-bond acceptors (Lipinski definition) is 6. The van der Waals surface area contributed by atoms with Crippen LogP contribution in [0.4, 0.5) is 4.79 Å². The lowest BCUT2D eigenvalue weighted by atomic mass is 10.1. The predicted octanol–water partition coefficient (Wildman–Crippen LogP) is -0.987. The van der Waals surface area contributed by atoms with Crippen LogP contribution in [0.3, 0.4) is 0 Å². The largest absolute Gasteiger partial charge is 0.479 e. The molecule has 9 nitrogen and oxygen atoms in total. The minimum Gasteiger partial charge on any atom is -0.479 e. The molecule has 9 heteroatoms. The summed E-state index contributed by atoms with van der Waals surface area (Å²) in [6, 6.07) is -0.646. The highest BCUT2D eigenvalue weighted by Gasteiger charge is 2.30. The van der Waals surface area contributed by atoms with Crippen molar-refractivity contribution in [3.63, 3.8) is 0 Å². The molecule has 0 aliphatic heterocycles. The van der Waals surface area contributed by atoms with E-state index in [9.17, 15) is 14.7 Å². The first kappa shape index (κ1) is 13.9. The SMILES string of the molecule is Cc1noc(CNC(=O)NCC(C)(O)C(=O)O)n1. The van der Waals surface area contributed by atoms with E-state index in [1.807, 2.05) is 0 Å². The number of nitrogens with zero attached hydrogens (tertiary/aromatic N) is 2. The van der Waals surface area contributed by atoms with Gasteiger partial charge in [-0.15, -0.1) is 0 Å². The number of aliphatic carboxylic acids is 1. The van der Waals surface area contributed by atoms with Crippen molar-refractivity contribution in [1.29, 1.82) is 0 Å². The number of nitrogens with one attached hydrogen (secondary N) is 2. The molecule has 100 valence electrons. The molecule has 0 radical (unpaired) electrons. The number of rotatable bonds is 5. The van der Waals surface area contributed by atoms with Crippen LogP contribution in [0.1, 0.15) is 18.6 Å². The topological polar surface area (TPSA) is 138 Å². The molecule has 0 bridgehead atoms. The van der Waals surface area contributed by atoms with Crippen LogP contribution < -0.4 is 10.6 Å². The highest BCUT2D eigenvalue weighted by Crippen LogP contribution is 2.00. The number of carbonyl (C=O) groups excluding carboxylic acids is 1. The first-order valence-electron chi connectivity index (χ1n) is 5.08. The van der Waals surface area contributed by atoms with Crippen LogP contribution in [-0.4, -0.2) is 44.5 Å². The maximum Gasteiger partial charge on any atom is 0.337 e. The fourth-order valence-corrected chi connectivity index (χ4v) is 0.958. The fraction of sp³-hybridized carbons (Fsp3) is 0.556. The second kappa shape index (κ2) is 5.45. The van der Waals surface area contributed by atoms with E-state index >= 15 is 0 Å². The third kappa shape index (κ3) is 4.01. The number of urea groups is 1. The van der Waals surface area contributed by atoms with Crippen molar-refractivity contribution in [2.45, 2.75) is 26.0 Å². The summed E-state index contributed by atoms with van der Waals surface area (Å²) >= 11 is 0. The first-order chi connectivity index (χ1) is 8.31. The normalized spacial score (nSPS) is 13.7. The lowest BCUT2D eigenvalue weighted by Crippen LogP contribution is -2.49. The highest BCUT2D eigenvalue weighted by atomic mass is 16.5. The molecule has 0 saturated carbocycles. The molecule has 0 spiro atoms. The Morgan fingerprint density at radius 1 is 1.44 bits per heavy atom. The molecule has 18 heavy (non-hydrogen) atoms. The quantitative estimate of drug-likeness (QED) is 0.532. The van der Waals surface area contributed by atoms with Gasteiger partial charge in [-0.1, -0.05) is 5.16 Å². The molecule has 0 aliphatic rings. The Labute approximate surface area is 102 Å². The minimum absolute atomic E-state index is 0.0158. The summed E-state index contributed by atoms with van der Waals surface area (Å²) in [6.45, 7) is 2.31. The molecule has 0 fully saturated rings. The molecule has 1 unspecified atom stereocenters. The highest BCUT2D eigenvalue weighted by molar-refractivity contribution is 5.79. The number of hydrogen-bond donors (Lipinski definition) is 4. The van der Waals surface area contributed by atoms with E-state index in [1.54, 1.807) is 6.92 Å². The number of carboxylic acids is 1. The molecule has 1 rings (SSSR count). The Kier molecular flexibility index (Phi) is 4.21. The lowest BCUT2D eigenvalue weighted by Gasteiger charge is -2.18. The smallest absolute Gasteiger partial charge is 0.337 e. The zero-order valence-corrected chi connectivity index (χ0v) is 9.93. The van der Waals surface area contributed by atoms with Crippen LogP contribution in [0, 0.1) is 6.92 Å². The number of aromatic nitrogens is 2. The molecule has 0 saturated heterocycles. The van der Waals surface area contributed by atoms with Crippen LogP contribution in [0.15, 0.2) is 4.52 Å². The van der Waals surface area contributed by atoms with Crippen molar-refractivity contribution in [3.05, 3.63) is 11.7 Å². The van der Waals surface area contributed by atoms with E-state index < -0.39 is 24.1 Å². The number of aryl methyl sites for hydroxylation is 1. The fourth-order valence-electron chi connectivity index (χ4n) is 0.958. The maximum absolute atomic E-state index is 11.3. The third-order valence-corrected chi connectivity index (χ3v) is 2.02. The van der Waals surface area contributed by atoms with Crippen LogP contribution in [0.5, 0.6) is 0 Å². The summed E-state index contributed by atoms with van der Waals surface area (Å²) in [6.07, 6.45) is 0. The van der Waals surface area contributed by atoms with Crippen molar-refractivity contribution in [2.24, 2.45) is 0 Å². The number of aliphatic hydroxyl groups is 1. The van der Waals surface area contributed by atoms with E-state index in [0.717, 1.165) is 6.92 Å². The molecule has 1 aromatic heterocycles. The van der Waals surface area contributed by atoms with Crippen LogP contribution >= 0.6 is 0 Å². The van der Waals surface area contributed by atoms with Gasteiger partial charge in [0.25, 0.3) is 0 Å². The van der Waals surface area contributed by atoms with E-state index in [2.05, 4.69) is 20.8 Å². The average Bonchev–Trinajstić information content (AvgIpc) is 2.69. The Morgan fingerprint density at radius 2 is 2.11 bits per heavy atom. The van der Waals surface area contributed by atoms with Gasteiger partial charge < -0.3 is 25.4 Å². The molecule has 1 heterocycles. The summed E-state index contributed by atoms with van der Waals surface area (Å²) in [5, 5.41) is 26.1. The number of amides is 2. The van der Waals surface area contributed by atoms with Crippen LogP contribution in [-0.2, 0) is 11.3 Å². The van der Waals surface area contributed by atoms with Gasteiger partial charge in [-0.2, -0.15) is 4.98 Å². The first-order valence-corrected chi connectivity index (χ1v) is 5.08. The average molecular weight is 258 g/mol. The second-order valence-electron chi connectivity index (χ2n) is 3.85. The van der Waals surface area contributed by atoms with E-state index in [4.69, 9.17) is 9.63 Å². The van der Waals surface area contributed by atoms with Gasteiger partial charge >= 0.3 is 12.0 Å². The standard InChI is InChI=1S/C9H14N4O5/c1-5-12-6(18-13-5)3-10-8(16)11-4-9(2,17)7(14)15/h17H,3-4H2,1-2H3,(H,14,15)(H2,10,11,16). The Hall–Kier alpha value is -2.16. The van der Waals surface area contributed by atoms with Gasteiger partial charge in [0.15, 0.2) is 11.4 Å². The van der Waals surface area contributed by atoms with Crippen molar-refractivity contribution in [3.8, 4) is 0 Å². The van der Waals surface area contributed by atoms with Gasteiger partial charge in [-0.05, 0) is 13.8 Å². The zero-order chi connectivity index (χ0) is 13.8. The lowest BCUT2D eigenvalue weighted by molar-refractivity contribution is -0.155. The summed E-state index contributed by atoms with van der Waals surface area (Å²) in [5.74, 6) is -0.746. The predicted molar refractivity (Wildman–Crippen MR) is 57.5 cm³/mol. The number of carbonyl (C=O) groups is 2. The van der Waals surface area contributed by atoms with E-state index in [-0.39, 0.29) is 12.4 Å². The zero-order valence-electron chi connectivity index (χ0n) is 9.93. The van der Waals surface area contributed by atoms with E-state index in [0.29, 0.717) is 5.82 Å². The minimum atomic E-state index is -2.02. The summed E-state index contributed by atoms with van der Waals surface area (Å²) in [4.78, 5) is 25.7. The molecule has 4 N–H and O–H groups in total. The third-order valence-electron chi connectivity index (χ3n) is 2.02. The maximum atomic E-state index is 11.3. The molecular weight excluding hydrogens is 244 g/mol. The Bertz CT molecular complexity index is 442. The summed E-state index contributed by atoms with van der Waals surface area (Å²) in [5.41, 5.74) is -2.02. The van der Waals surface area contributed by atoms with Gasteiger partial charge in [0.1, 0.15) is 0 Å². The van der Waals surface area contributed by atoms with Crippen molar-refractivity contribution in [1.82, 2.24) is 20.8 Å². The summed E-state index contributed by atoms with van der Waals surface area (Å²) < 4.78 is 4.75. The van der Waals surface area contributed by atoms with E-state index in [1.165, 1.54) is 0 Å². The monoisotopic (exact) mass is 258 g/mol. The Balaban J connectivity index is 2.32. The van der Waals surface area contributed by atoms with Gasteiger partial charge in [-0.25, -0.2) is 9.59 Å². The molecule has 0 aromatic carbocycles. The summed E-state index contributed by atoms with van der Waals surface area (Å²) in [7, 11) is 0. The van der Waals surface area contributed by atoms with Crippen molar-refractivity contribution >= 4 is 12.0 Å². The van der Waals surface area contributed by atoms with Gasteiger partial charge in [-0.3, -0.25) is 0 Å². The van der Waals surface area contributed by atoms with Crippen LogP contribution in [0.25, 0.3) is 0 Å². The van der Waals surface area contributed by atoms with Gasteiger partial charge in [0, 0.05) is 0 Å². The molecule has 1 atom stereocenters. The van der Waals surface area contributed by atoms with Gasteiger partial charge in [0.2, 0.25) is 5.89 Å². The molecule has 1 aromatic rings. The molecule has 2 amide bonds. The van der Waals surface area contributed by atoms with Crippen LogP contribution in [0.2, 0.25) is 0 Å². The van der Waals surface area contributed by atoms with Crippen molar-refractivity contribution in [2.75, 3.05) is 6.54 Å². The van der Waals surface area contributed by atoms with Crippen molar-refractivity contribution < 1.29 is 24.3 Å².